The molecule has 0 saturated heterocycles. The minimum Gasteiger partial charge on any atom is -0.392 e. The van der Waals surface area contributed by atoms with E-state index in [0.717, 1.165) is 5.56 Å². The summed E-state index contributed by atoms with van der Waals surface area (Å²) in [6.07, 6.45) is -0.313. The van der Waals surface area contributed by atoms with Gasteiger partial charge in [0, 0.05) is 20.8 Å². The Hall–Kier alpha value is -0.990. The normalized spacial score (nSPS) is 13.3. The molecule has 2 N–H and O–H groups in total. The molecule has 1 aromatic carbocycles. The maximum Gasteiger partial charge on any atom is 0.215 e. The van der Waals surface area contributed by atoms with Crippen LogP contribution in [-0.4, -0.2) is 47.0 Å². The number of hydrogen-bond donors (Lipinski definition) is 2. The highest BCUT2D eigenvalue weighted by Crippen LogP contribution is 2.08. The van der Waals surface area contributed by atoms with Crippen LogP contribution < -0.4 is 4.72 Å². The predicted molar refractivity (Wildman–Crippen MR) is 75.7 cm³/mol. The number of benzene rings is 1. The van der Waals surface area contributed by atoms with Crippen LogP contribution in [0, 0.1) is 0 Å². The van der Waals surface area contributed by atoms with Crippen molar-refractivity contribution in [3.05, 3.63) is 35.4 Å². The van der Waals surface area contributed by atoms with Crippen LogP contribution in [0.1, 0.15) is 11.1 Å². The molecule has 114 valence electrons. The number of aliphatic hydroxyl groups excluding tert-OH is 1. The summed E-state index contributed by atoms with van der Waals surface area (Å²) < 4.78 is 36.3. The number of nitrogens with one attached hydrogen (secondary N) is 1. The first-order chi connectivity index (χ1) is 9.50. The number of hydrogen-bond acceptors (Lipinski definition) is 5. The van der Waals surface area contributed by atoms with E-state index in [4.69, 9.17) is 14.6 Å². The quantitative estimate of drug-likeness (QED) is 0.683. The summed E-state index contributed by atoms with van der Waals surface area (Å²) in [5.74, 6) is -0.109. The Morgan fingerprint density at radius 1 is 1.20 bits per heavy atom. The SMILES string of the molecule is COCC(CNS(=O)(=O)Cc1ccc(CO)cc1)OC. The van der Waals surface area contributed by atoms with Gasteiger partial charge >= 0.3 is 0 Å². The van der Waals surface area contributed by atoms with Gasteiger partial charge < -0.3 is 14.6 Å². The molecule has 0 aromatic heterocycles. The predicted octanol–water partition coefficient (Wildman–Crippen LogP) is 0.260. The zero-order valence-corrected chi connectivity index (χ0v) is 12.5. The van der Waals surface area contributed by atoms with Crippen molar-refractivity contribution in [2.24, 2.45) is 0 Å². The van der Waals surface area contributed by atoms with Crippen LogP contribution in [0.5, 0.6) is 0 Å². The average Bonchev–Trinajstić information content (AvgIpc) is 2.44. The average molecular weight is 303 g/mol. The Labute approximate surface area is 119 Å². The van der Waals surface area contributed by atoms with Crippen molar-refractivity contribution in [3.8, 4) is 0 Å². The monoisotopic (exact) mass is 303 g/mol. The Bertz CT molecular complexity index is 486. The Morgan fingerprint density at radius 2 is 1.80 bits per heavy atom. The Balaban J connectivity index is 2.55. The zero-order chi connectivity index (χ0) is 15.0. The van der Waals surface area contributed by atoms with Crippen molar-refractivity contribution in [3.63, 3.8) is 0 Å². The van der Waals surface area contributed by atoms with Gasteiger partial charge in [0.15, 0.2) is 0 Å². The number of sulfonamides is 1. The van der Waals surface area contributed by atoms with E-state index in [-0.39, 0.29) is 25.0 Å². The maximum absolute atomic E-state index is 11.9. The van der Waals surface area contributed by atoms with E-state index in [0.29, 0.717) is 12.2 Å². The van der Waals surface area contributed by atoms with Crippen LogP contribution in [0.4, 0.5) is 0 Å². The molecule has 0 aliphatic carbocycles. The highest BCUT2D eigenvalue weighted by Gasteiger charge is 2.15. The van der Waals surface area contributed by atoms with Gasteiger partial charge in [-0.05, 0) is 11.1 Å². The molecule has 0 saturated carbocycles. The molecule has 6 nitrogen and oxygen atoms in total. The summed E-state index contributed by atoms with van der Waals surface area (Å²) in [7, 11) is -0.389. The van der Waals surface area contributed by atoms with Gasteiger partial charge in [-0.2, -0.15) is 0 Å². The van der Waals surface area contributed by atoms with Gasteiger partial charge in [0.05, 0.1) is 25.1 Å². The standard InChI is InChI=1S/C13H21NO5S/c1-18-9-13(19-2)7-14-20(16,17)10-12-5-3-11(8-15)4-6-12/h3-6,13-15H,7-10H2,1-2H3. The fourth-order valence-electron chi connectivity index (χ4n) is 1.63. The lowest BCUT2D eigenvalue weighted by molar-refractivity contribution is 0.0320. The summed E-state index contributed by atoms with van der Waals surface area (Å²) in [6.45, 7) is 0.434. The molecule has 20 heavy (non-hydrogen) atoms. The van der Waals surface area contributed by atoms with E-state index in [1.54, 1.807) is 24.3 Å². The molecule has 1 unspecified atom stereocenters. The largest absolute Gasteiger partial charge is 0.392 e. The summed E-state index contributed by atoms with van der Waals surface area (Å²) in [5, 5.41) is 8.93. The van der Waals surface area contributed by atoms with Gasteiger partial charge in [0.1, 0.15) is 0 Å². The number of rotatable bonds is 9. The number of aliphatic hydroxyl groups is 1. The molecule has 0 heterocycles. The van der Waals surface area contributed by atoms with Crippen LogP contribution >= 0.6 is 0 Å². The summed E-state index contributed by atoms with van der Waals surface area (Å²) in [5.41, 5.74) is 1.41. The van der Waals surface area contributed by atoms with Crippen molar-refractivity contribution in [1.29, 1.82) is 0 Å². The number of methoxy groups -OCH3 is 2. The lowest BCUT2D eigenvalue weighted by atomic mass is 10.2. The molecule has 0 radical (unpaired) electrons. The lowest BCUT2D eigenvalue weighted by Gasteiger charge is -2.15. The summed E-state index contributed by atoms with van der Waals surface area (Å²) >= 11 is 0. The first-order valence-electron chi connectivity index (χ1n) is 6.18. The van der Waals surface area contributed by atoms with Gasteiger partial charge in [-0.3, -0.25) is 0 Å². The van der Waals surface area contributed by atoms with Crippen molar-refractivity contribution in [2.75, 3.05) is 27.4 Å². The van der Waals surface area contributed by atoms with E-state index < -0.39 is 10.0 Å². The van der Waals surface area contributed by atoms with Crippen molar-refractivity contribution >= 4 is 10.0 Å². The second-order valence-electron chi connectivity index (χ2n) is 4.40. The molecular formula is C13H21NO5S. The molecule has 0 aliphatic heterocycles. The number of ether oxygens (including phenoxy) is 2. The van der Waals surface area contributed by atoms with E-state index >= 15 is 0 Å². The van der Waals surface area contributed by atoms with Gasteiger partial charge in [-0.15, -0.1) is 0 Å². The molecule has 0 fully saturated rings. The molecule has 7 heteroatoms. The molecule has 1 rings (SSSR count). The molecule has 0 spiro atoms. The topological polar surface area (TPSA) is 84.9 Å². The second-order valence-corrected chi connectivity index (χ2v) is 6.20. The maximum atomic E-state index is 11.9. The lowest BCUT2D eigenvalue weighted by Crippen LogP contribution is -2.36. The van der Waals surface area contributed by atoms with E-state index in [1.807, 2.05) is 0 Å². The van der Waals surface area contributed by atoms with E-state index in [9.17, 15) is 8.42 Å². The van der Waals surface area contributed by atoms with Crippen LogP contribution in [0.25, 0.3) is 0 Å². The van der Waals surface area contributed by atoms with Gasteiger partial charge in [0.25, 0.3) is 0 Å². The summed E-state index contributed by atoms with van der Waals surface area (Å²) in [6, 6.07) is 6.78. The van der Waals surface area contributed by atoms with Crippen molar-refractivity contribution in [1.82, 2.24) is 4.72 Å². The molecule has 1 aromatic rings. The first-order valence-corrected chi connectivity index (χ1v) is 7.83. The van der Waals surface area contributed by atoms with Crippen LogP contribution in [0.3, 0.4) is 0 Å². The van der Waals surface area contributed by atoms with Crippen LogP contribution in [-0.2, 0) is 31.9 Å². The van der Waals surface area contributed by atoms with Crippen molar-refractivity contribution < 1.29 is 23.0 Å². The minimum absolute atomic E-state index is 0.0577. The van der Waals surface area contributed by atoms with Gasteiger partial charge in [0.2, 0.25) is 10.0 Å². The van der Waals surface area contributed by atoms with E-state index in [1.165, 1.54) is 14.2 Å². The Morgan fingerprint density at radius 3 is 2.30 bits per heavy atom. The first kappa shape index (κ1) is 17.1. The molecule has 0 amide bonds. The zero-order valence-electron chi connectivity index (χ0n) is 11.7. The summed E-state index contributed by atoms with van der Waals surface area (Å²) in [4.78, 5) is 0. The van der Waals surface area contributed by atoms with Crippen molar-refractivity contribution in [2.45, 2.75) is 18.5 Å². The highest BCUT2D eigenvalue weighted by molar-refractivity contribution is 7.88. The fourth-order valence-corrected chi connectivity index (χ4v) is 2.80. The van der Waals surface area contributed by atoms with Gasteiger partial charge in [-0.1, -0.05) is 24.3 Å². The fraction of sp³-hybridized carbons (Fsp3) is 0.538. The Kier molecular flexibility index (Phi) is 7.11. The molecular weight excluding hydrogens is 282 g/mol. The third kappa shape index (κ3) is 5.98. The molecule has 0 aliphatic rings. The van der Waals surface area contributed by atoms with Crippen LogP contribution in [0.2, 0.25) is 0 Å². The smallest absolute Gasteiger partial charge is 0.215 e. The molecule has 1 atom stereocenters. The minimum atomic E-state index is -3.43. The molecule has 0 bridgehead atoms. The van der Waals surface area contributed by atoms with Crippen LogP contribution in [0.15, 0.2) is 24.3 Å². The van der Waals surface area contributed by atoms with Gasteiger partial charge in [-0.25, -0.2) is 13.1 Å². The van der Waals surface area contributed by atoms with E-state index in [2.05, 4.69) is 4.72 Å². The third-order valence-corrected chi connectivity index (χ3v) is 4.10. The third-order valence-electron chi connectivity index (χ3n) is 2.78. The second kappa shape index (κ2) is 8.33. The highest BCUT2D eigenvalue weighted by atomic mass is 32.2.